The highest BCUT2D eigenvalue weighted by molar-refractivity contribution is 8.00. The number of aromatic nitrogens is 2. The molecule has 142 valence electrons. The van der Waals surface area contributed by atoms with E-state index in [0.29, 0.717) is 30.4 Å². The van der Waals surface area contributed by atoms with Crippen molar-refractivity contribution in [2.75, 3.05) is 26.5 Å². The van der Waals surface area contributed by atoms with Crippen LogP contribution < -0.4 is 9.47 Å². The molecule has 0 aliphatic carbocycles. The summed E-state index contributed by atoms with van der Waals surface area (Å²) in [6, 6.07) is 5.51. The van der Waals surface area contributed by atoms with Crippen molar-refractivity contribution in [2.45, 2.75) is 30.8 Å². The second-order valence-electron chi connectivity index (χ2n) is 5.87. The van der Waals surface area contributed by atoms with Gasteiger partial charge in [-0.15, -0.1) is 11.8 Å². The maximum absolute atomic E-state index is 13.2. The van der Waals surface area contributed by atoms with Crippen LogP contribution in [-0.2, 0) is 16.6 Å². The number of nitrogens with zero attached hydrogens (tertiary/aromatic N) is 3. The lowest BCUT2D eigenvalue weighted by molar-refractivity contribution is 0.353. The normalized spacial score (nSPS) is 18.2. The molecule has 2 heterocycles. The van der Waals surface area contributed by atoms with Crippen molar-refractivity contribution in [3.63, 3.8) is 0 Å². The van der Waals surface area contributed by atoms with Crippen LogP contribution in [-0.4, -0.2) is 48.8 Å². The standard InChI is InChI=1S/C17H23N3O4S2/c1-5-19-11-16(18-12(19)2)26(21,22)20-8-9-25-17(20)13-6-7-14(23-3)15(10-13)24-4/h6-7,10-11,17H,5,8-9H2,1-4H3. The largest absolute Gasteiger partial charge is 0.493 e. The van der Waals surface area contributed by atoms with E-state index in [2.05, 4.69) is 4.98 Å². The number of methoxy groups -OCH3 is 2. The molecule has 1 aliphatic rings. The first-order valence-corrected chi connectivity index (χ1v) is 10.8. The first kappa shape index (κ1) is 19.1. The average molecular weight is 398 g/mol. The minimum Gasteiger partial charge on any atom is -0.493 e. The smallest absolute Gasteiger partial charge is 0.263 e. The molecule has 0 radical (unpaired) electrons. The summed E-state index contributed by atoms with van der Waals surface area (Å²) in [6.45, 7) is 4.91. The van der Waals surface area contributed by atoms with Crippen LogP contribution in [0, 0.1) is 6.92 Å². The Morgan fingerprint density at radius 2 is 2.00 bits per heavy atom. The highest BCUT2D eigenvalue weighted by Crippen LogP contribution is 2.43. The Kier molecular flexibility index (Phi) is 5.50. The van der Waals surface area contributed by atoms with Crippen molar-refractivity contribution in [1.82, 2.24) is 13.9 Å². The van der Waals surface area contributed by atoms with E-state index in [0.717, 1.165) is 11.3 Å². The molecule has 0 bridgehead atoms. The molecule has 0 spiro atoms. The Morgan fingerprint density at radius 3 is 2.62 bits per heavy atom. The van der Waals surface area contributed by atoms with Gasteiger partial charge < -0.3 is 14.0 Å². The highest BCUT2D eigenvalue weighted by atomic mass is 32.2. The third-order valence-corrected chi connectivity index (χ3v) is 7.54. The second kappa shape index (κ2) is 7.50. The minimum absolute atomic E-state index is 0.102. The number of aryl methyl sites for hydroxylation is 2. The monoisotopic (exact) mass is 397 g/mol. The van der Waals surface area contributed by atoms with Crippen LogP contribution in [0.5, 0.6) is 11.5 Å². The van der Waals surface area contributed by atoms with Crippen molar-refractivity contribution < 1.29 is 17.9 Å². The van der Waals surface area contributed by atoms with Gasteiger partial charge in [-0.05, 0) is 31.5 Å². The summed E-state index contributed by atoms with van der Waals surface area (Å²) in [4.78, 5) is 4.27. The zero-order chi connectivity index (χ0) is 18.9. The van der Waals surface area contributed by atoms with Gasteiger partial charge in [0.05, 0.1) is 19.6 Å². The molecule has 1 saturated heterocycles. The third-order valence-electron chi connectivity index (χ3n) is 4.41. The fraction of sp³-hybridized carbons (Fsp3) is 0.471. The number of hydrogen-bond acceptors (Lipinski definition) is 6. The van der Waals surface area contributed by atoms with Gasteiger partial charge in [0.25, 0.3) is 10.0 Å². The molecule has 1 aliphatic heterocycles. The van der Waals surface area contributed by atoms with Gasteiger partial charge in [-0.2, -0.15) is 4.31 Å². The maximum Gasteiger partial charge on any atom is 0.263 e. The molecule has 1 aromatic heterocycles. The van der Waals surface area contributed by atoms with Crippen LogP contribution in [0.1, 0.15) is 23.7 Å². The fourth-order valence-electron chi connectivity index (χ4n) is 3.01. The van der Waals surface area contributed by atoms with E-state index in [1.165, 1.54) is 4.31 Å². The molecule has 7 nitrogen and oxygen atoms in total. The van der Waals surface area contributed by atoms with Gasteiger partial charge in [0.15, 0.2) is 16.5 Å². The number of imidazole rings is 1. The summed E-state index contributed by atoms with van der Waals surface area (Å²) in [6.07, 6.45) is 1.61. The number of sulfonamides is 1. The van der Waals surface area contributed by atoms with E-state index >= 15 is 0 Å². The minimum atomic E-state index is -3.67. The van der Waals surface area contributed by atoms with Crippen LogP contribution in [0.4, 0.5) is 0 Å². The van der Waals surface area contributed by atoms with Crippen LogP contribution in [0.2, 0.25) is 0 Å². The number of hydrogen-bond donors (Lipinski definition) is 0. The van der Waals surface area contributed by atoms with Gasteiger partial charge in [-0.1, -0.05) is 6.07 Å². The Bertz CT molecular complexity index is 895. The SMILES string of the molecule is CCn1cc(S(=O)(=O)N2CCSC2c2ccc(OC)c(OC)c2)nc1C. The van der Waals surface area contributed by atoms with Gasteiger partial charge >= 0.3 is 0 Å². The van der Waals surface area contributed by atoms with Crippen LogP contribution in [0.3, 0.4) is 0 Å². The van der Waals surface area contributed by atoms with E-state index in [1.807, 2.05) is 30.5 Å². The molecular weight excluding hydrogens is 374 g/mol. The number of rotatable bonds is 6. The van der Waals surface area contributed by atoms with Crippen molar-refractivity contribution in [1.29, 1.82) is 0 Å². The topological polar surface area (TPSA) is 73.7 Å². The average Bonchev–Trinajstić information content (AvgIpc) is 3.28. The zero-order valence-electron chi connectivity index (χ0n) is 15.3. The number of ether oxygens (including phenoxy) is 2. The summed E-state index contributed by atoms with van der Waals surface area (Å²) in [5.41, 5.74) is 0.861. The molecule has 1 unspecified atom stereocenters. The fourth-order valence-corrected chi connectivity index (χ4v) is 6.24. The predicted octanol–water partition coefficient (Wildman–Crippen LogP) is 2.66. The van der Waals surface area contributed by atoms with Crippen LogP contribution >= 0.6 is 11.8 Å². The Labute approximate surface area is 158 Å². The first-order valence-electron chi connectivity index (χ1n) is 8.31. The van der Waals surface area contributed by atoms with Crippen molar-refractivity contribution in [2.24, 2.45) is 0 Å². The lowest BCUT2D eigenvalue weighted by Crippen LogP contribution is -2.30. The molecule has 3 rings (SSSR count). The second-order valence-corrected chi connectivity index (χ2v) is 8.89. The molecule has 9 heteroatoms. The summed E-state index contributed by atoms with van der Waals surface area (Å²) >= 11 is 1.59. The lowest BCUT2D eigenvalue weighted by atomic mass is 10.2. The Morgan fingerprint density at radius 1 is 1.27 bits per heavy atom. The molecule has 1 aromatic carbocycles. The van der Waals surface area contributed by atoms with Crippen molar-refractivity contribution >= 4 is 21.8 Å². The predicted molar refractivity (Wildman–Crippen MR) is 101 cm³/mol. The van der Waals surface area contributed by atoms with E-state index in [-0.39, 0.29) is 10.4 Å². The maximum atomic E-state index is 13.2. The summed E-state index contributed by atoms with van der Waals surface area (Å²) < 4.78 is 40.3. The summed E-state index contributed by atoms with van der Waals surface area (Å²) in [5, 5.41) is -0.211. The van der Waals surface area contributed by atoms with Gasteiger partial charge in [0, 0.05) is 25.0 Å². The molecule has 26 heavy (non-hydrogen) atoms. The zero-order valence-corrected chi connectivity index (χ0v) is 16.9. The molecular formula is C17H23N3O4S2. The third kappa shape index (κ3) is 3.30. The Hall–Kier alpha value is -1.71. The van der Waals surface area contributed by atoms with Crippen molar-refractivity contribution in [3.8, 4) is 11.5 Å². The van der Waals surface area contributed by atoms with Gasteiger partial charge in [-0.3, -0.25) is 0 Å². The molecule has 0 amide bonds. The number of thioether (sulfide) groups is 1. The summed E-state index contributed by atoms with van der Waals surface area (Å²) in [7, 11) is -0.533. The van der Waals surface area contributed by atoms with Gasteiger partial charge in [0.1, 0.15) is 5.82 Å². The molecule has 0 N–H and O–H groups in total. The van der Waals surface area contributed by atoms with Gasteiger partial charge in [0.2, 0.25) is 0 Å². The molecule has 1 atom stereocenters. The van der Waals surface area contributed by atoms with E-state index < -0.39 is 10.0 Å². The highest BCUT2D eigenvalue weighted by Gasteiger charge is 2.38. The molecule has 0 saturated carbocycles. The molecule has 1 fully saturated rings. The quantitative estimate of drug-likeness (QED) is 0.746. The van der Waals surface area contributed by atoms with Crippen LogP contribution in [0.25, 0.3) is 0 Å². The summed E-state index contributed by atoms with van der Waals surface area (Å²) in [5.74, 6) is 2.62. The number of benzene rings is 1. The van der Waals surface area contributed by atoms with E-state index in [9.17, 15) is 8.42 Å². The van der Waals surface area contributed by atoms with Crippen molar-refractivity contribution in [3.05, 3.63) is 35.8 Å². The van der Waals surface area contributed by atoms with E-state index in [1.54, 1.807) is 38.2 Å². The first-order chi connectivity index (χ1) is 12.4. The lowest BCUT2D eigenvalue weighted by Gasteiger charge is -2.23. The molecule has 2 aromatic rings. The van der Waals surface area contributed by atoms with Crippen LogP contribution in [0.15, 0.2) is 29.4 Å². The van der Waals surface area contributed by atoms with Gasteiger partial charge in [-0.25, -0.2) is 13.4 Å². The Balaban J connectivity index is 1.97. The van der Waals surface area contributed by atoms with E-state index in [4.69, 9.17) is 9.47 Å².